The first-order chi connectivity index (χ1) is 4.42. The van der Waals surface area contributed by atoms with Crippen molar-refractivity contribution in [1.82, 2.24) is 0 Å². The first-order valence-corrected chi connectivity index (χ1v) is 3.87. The van der Waals surface area contributed by atoms with E-state index in [-0.39, 0.29) is 0 Å². The van der Waals surface area contributed by atoms with E-state index in [1.807, 2.05) is 0 Å². The molecule has 0 amide bonds. The molecule has 1 aliphatic heterocycles. The molecule has 3 atom stereocenters. The molecule has 0 aromatic rings. The van der Waals surface area contributed by atoms with Gasteiger partial charge in [0, 0.05) is 0 Å². The number of hydrogen-bond donors (Lipinski definition) is 0. The van der Waals surface area contributed by atoms with Gasteiger partial charge in [0.05, 0.1) is 12.2 Å². The average Bonchev–Trinajstić information content (AvgIpc) is 2.64. The average molecular weight is 125 g/mol. The summed E-state index contributed by atoms with van der Waals surface area (Å²) in [4.78, 5) is 0. The molecule has 0 aromatic heterocycles. The Hall–Kier alpha value is -0.0400. The third-order valence-electron chi connectivity index (χ3n) is 2.50. The number of ether oxygens (including phenoxy) is 1. The van der Waals surface area contributed by atoms with Crippen LogP contribution in [-0.4, -0.2) is 12.2 Å². The highest BCUT2D eigenvalue weighted by atomic mass is 16.6. The zero-order chi connectivity index (χ0) is 6.27. The van der Waals surface area contributed by atoms with Gasteiger partial charge in [-0.2, -0.15) is 0 Å². The Balaban J connectivity index is 1.93. The maximum atomic E-state index is 5.45. The van der Waals surface area contributed by atoms with Crippen LogP contribution in [0.15, 0.2) is 0 Å². The van der Waals surface area contributed by atoms with Gasteiger partial charge in [0.25, 0.3) is 0 Å². The van der Waals surface area contributed by atoms with Gasteiger partial charge in [0.1, 0.15) is 0 Å². The predicted octanol–water partition coefficient (Wildman–Crippen LogP) is 1.78. The molecule has 1 saturated carbocycles. The predicted molar refractivity (Wildman–Crippen MR) is 36.0 cm³/mol. The highest BCUT2D eigenvalue weighted by Gasteiger charge is 2.45. The molecule has 1 saturated heterocycles. The summed E-state index contributed by atoms with van der Waals surface area (Å²) >= 11 is 0. The molecule has 2 rings (SSSR count). The molecule has 0 bridgehead atoms. The van der Waals surface area contributed by atoms with Crippen molar-refractivity contribution in [2.75, 3.05) is 0 Å². The Morgan fingerprint density at radius 3 is 3.00 bits per heavy atom. The Morgan fingerprint density at radius 2 is 2.33 bits per heavy atom. The fraction of sp³-hybridized carbons (Fsp3) is 0.875. The molecule has 1 radical (unpaired) electrons. The van der Waals surface area contributed by atoms with Crippen LogP contribution < -0.4 is 0 Å². The van der Waals surface area contributed by atoms with Crippen LogP contribution in [0.25, 0.3) is 0 Å². The van der Waals surface area contributed by atoms with Crippen molar-refractivity contribution in [3.05, 3.63) is 6.42 Å². The highest BCUT2D eigenvalue weighted by Crippen LogP contribution is 2.41. The van der Waals surface area contributed by atoms with Gasteiger partial charge in [0.15, 0.2) is 0 Å². The molecule has 2 fully saturated rings. The first kappa shape index (κ1) is 5.72. The minimum atomic E-state index is 0.628. The van der Waals surface area contributed by atoms with E-state index in [0.717, 1.165) is 5.92 Å². The lowest BCUT2D eigenvalue weighted by molar-refractivity contribution is 0.343. The van der Waals surface area contributed by atoms with Crippen LogP contribution in [0.3, 0.4) is 0 Å². The molecule has 1 heterocycles. The Kier molecular flexibility index (Phi) is 1.26. The fourth-order valence-electron chi connectivity index (χ4n) is 1.84. The van der Waals surface area contributed by atoms with Crippen molar-refractivity contribution < 1.29 is 4.74 Å². The maximum Gasteiger partial charge on any atom is 0.0872 e. The molecular weight excluding hydrogens is 112 g/mol. The maximum absolute atomic E-state index is 5.45. The molecule has 1 nitrogen and oxygen atoms in total. The number of fused-ring (bicyclic) bond motifs is 1. The Morgan fingerprint density at radius 1 is 1.44 bits per heavy atom. The van der Waals surface area contributed by atoms with Crippen LogP contribution in [0, 0.1) is 12.3 Å². The molecular formula is C8H13O. The topological polar surface area (TPSA) is 12.5 Å². The minimum Gasteiger partial charge on any atom is -0.369 e. The van der Waals surface area contributed by atoms with E-state index in [1.54, 1.807) is 0 Å². The van der Waals surface area contributed by atoms with Crippen LogP contribution >= 0.6 is 0 Å². The van der Waals surface area contributed by atoms with E-state index in [0.29, 0.717) is 12.2 Å². The normalized spacial score (nSPS) is 48.3. The van der Waals surface area contributed by atoms with Crippen LogP contribution in [-0.2, 0) is 4.74 Å². The summed E-state index contributed by atoms with van der Waals surface area (Å²) in [6, 6.07) is 0. The van der Waals surface area contributed by atoms with Gasteiger partial charge in [-0.1, -0.05) is 13.3 Å². The molecule has 51 valence electrons. The van der Waals surface area contributed by atoms with Crippen molar-refractivity contribution in [3.63, 3.8) is 0 Å². The molecule has 9 heavy (non-hydrogen) atoms. The Labute approximate surface area is 56.4 Å². The second-order valence-corrected chi connectivity index (χ2v) is 3.07. The number of hydrogen-bond acceptors (Lipinski definition) is 1. The van der Waals surface area contributed by atoms with E-state index in [4.69, 9.17) is 4.74 Å². The van der Waals surface area contributed by atoms with E-state index in [9.17, 15) is 0 Å². The lowest BCUT2D eigenvalue weighted by atomic mass is 9.88. The molecule has 2 aliphatic rings. The van der Waals surface area contributed by atoms with Crippen molar-refractivity contribution in [2.24, 2.45) is 5.92 Å². The van der Waals surface area contributed by atoms with Crippen molar-refractivity contribution in [3.8, 4) is 0 Å². The monoisotopic (exact) mass is 125 g/mol. The lowest BCUT2D eigenvalue weighted by Gasteiger charge is -2.14. The van der Waals surface area contributed by atoms with Crippen LogP contribution in [0.5, 0.6) is 0 Å². The molecule has 3 unspecified atom stereocenters. The smallest absolute Gasteiger partial charge is 0.0872 e. The molecule has 0 spiro atoms. The van der Waals surface area contributed by atoms with Gasteiger partial charge in [-0.15, -0.1) is 0 Å². The Bertz CT molecular complexity index is 111. The quantitative estimate of drug-likeness (QED) is 0.487. The summed E-state index contributed by atoms with van der Waals surface area (Å²) in [6.07, 6.45) is 7.62. The number of epoxide rings is 1. The molecule has 0 N–H and O–H groups in total. The standard InChI is InChI=1S/C8H13O/c1-2-6-4-3-5-7-8(6)9-7/h2,6-8H,3-5H2,1H3. The van der Waals surface area contributed by atoms with E-state index in [2.05, 4.69) is 13.3 Å². The zero-order valence-corrected chi connectivity index (χ0v) is 5.84. The van der Waals surface area contributed by atoms with E-state index in [1.165, 1.54) is 19.3 Å². The van der Waals surface area contributed by atoms with Gasteiger partial charge in [-0.3, -0.25) is 0 Å². The number of rotatable bonds is 1. The van der Waals surface area contributed by atoms with E-state index < -0.39 is 0 Å². The van der Waals surface area contributed by atoms with Crippen molar-refractivity contribution in [1.29, 1.82) is 0 Å². The summed E-state index contributed by atoms with van der Waals surface area (Å²) in [7, 11) is 0. The summed E-state index contributed by atoms with van der Waals surface area (Å²) in [5.41, 5.74) is 0. The fourth-order valence-corrected chi connectivity index (χ4v) is 1.84. The summed E-state index contributed by atoms with van der Waals surface area (Å²) < 4.78 is 5.45. The van der Waals surface area contributed by atoms with Crippen molar-refractivity contribution >= 4 is 0 Å². The zero-order valence-electron chi connectivity index (χ0n) is 5.84. The summed E-state index contributed by atoms with van der Waals surface area (Å²) in [5.74, 6) is 0.781. The summed E-state index contributed by atoms with van der Waals surface area (Å²) in [5, 5.41) is 0. The van der Waals surface area contributed by atoms with Gasteiger partial charge >= 0.3 is 0 Å². The third kappa shape index (κ3) is 0.877. The largest absolute Gasteiger partial charge is 0.369 e. The van der Waals surface area contributed by atoms with Crippen LogP contribution in [0.4, 0.5) is 0 Å². The van der Waals surface area contributed by atoms with Crippen LogP contribution in [0.2, 0.25) is 0 Å². The second-order valence-electron chi connectivity index (χ2n) is 3.07. The molecule has 1 heteroatoms. The van der Waals surface area contributed by atoms with Gasteiger partial charge in [0.2, 0.25) is 0 Å². The minimum absolute atomic E-state index is 0.628. The summed E-state index contributed by atoms with van der Waals surface area (Å²) in [6.45, 7) is 2.15. The van der Waals surface area contributed by atoms with Gasteiger partial charge in [-0.25, -0.2) is 0 Å². The first-order valence-electron chi connectivity index (χ1n) is 3.87. The lowest BCUT2D eigenvalue weighted by Crippen LogP contribution is -2.15. The van der Waals surface area contributed by atoms with Gasteiger partial charge in [-0.05, 0) is 25.2 Å². The van der Waals surface area contributed by atoms with Gasteiger partial charge < -0.3 is 4.74 Å². The highest BCUT2D eigenvalue weighted by molar-refractivity contribution is 4.98. The SMILES string of the molecule is C[CH]C1CCCC2OC12. The molecule has 0 aromatic carbocycles. The van der Waals surface area contributed by atoms with Crippen LogP contribution in [0.1, 0.15) is 26.2 Å². The molecule has 1 aliphatic carbocycles. The third-order valence-corrected chi connectivity index (χ3v) is 2.50. The van der Waals surface area contributed by atoms with Crippen molar-refractivity contribution in [2.45, 2.75) is 38.4 Å². The van der Waals surface area contributed by atoms with E-state index >= 15 is 0 Å². The second kappa shape index (κ2) is 1.98.